The van der Waals surface area contributed by atoms with E-state index in [2.05, 4.69) is 0 Å². The van der Waals surface area contributed by atoms with Crippen LogP contribution < -0.4 is 0 Å². The summed E-state index contributed by atoms with van der Waals surface area (Å²) in [4.78, 5) is 10.9. The molecule has 0 rings (SSSR count). The molecule has 0 bridgehead atoms. The van der Waals surface area contributed by atoms with Crippen LogP contribution in [0, 0.1) is 0 Å². The van der Waals surface area contributed by atoms with Crippen LogP contribution in [0.4, 0.5) is 4.79 Å². The summed E-state index contributed by atoms with van der Waals surface area (Å²) in [6.07, 6.45) is 0. The first kappa shape index (κ1) is 11.1. The molecular weight excluding hydrogens is 184 g/mol. The Kier molecular flexibility index (Phi) is 4.26. The molecule has 66 valence electrons. The fourth-order valence-corrected chi connectivity index (χ4v) is 1.19. The Morgan fingerprint density at radius 3 is 2.27 bits per heavy atom. The van der Waals surface area contributed by atoms with Crippen molar-refractivity contribution in [3.05, 3.63) is 0 Å². The van der Waals surface area contributed by atoms with Crippen molar-refractivity contribution in [1.82, 2.24) is 0 Å². The third-order valence-electron chi connectivity index (χ3n) is 0.648. The van der Waals surface area contributed by atoms with Gasteiger partial charge >= 0.3 is 5.30 Å². The Hall–Kier alpha value is 0.110. The van der Waals surface area contributed by atoms with Gasteiger partial charge in [0, 0.05) is 0 Å². The zero-order valence-corrected chi connectivity index (χ0v) is 8.75. The van der Waals surface area contributed by atoms with Crippen LogP contribution in [0.25, 0.3) is 0 Å². The molecule has 0 aliphatic heterocycles. The number of rotatable bonds is 1. The lowest BCUT2D eigenvalue weighted by Crippen LogP contribution is -2.21. The number of thioether (sulfide) groups is 1. The van der Waals surface area contributed by atoms with Gasteiger partial charge in [-0.05, 0) is 39.5 Å². The molecule has 4 heteroatoms. The molecule has 0 aliphatic carbocycles. The van der Waals surface area contributed by atoms with Crippen molar-refractivity contribution < 1.29 is 9.53 Å². The molecule has 0 spiro atoms. The van der Waals surface area contributed by atoms with Gasteiger partial charge in [0.2, 0.25) is 0 Å². The molecule has 0 saturated heterocycles. The number of hydrogen-bond donors (Lipinski definition) is 0. The topological polar surface area (TPSA) is 26.3 Å². The highest BCUT2D eigenvalue weighted by Crippen LogP contribution is 2.20. The van der Waals surface area contributed by atoms with E-state index in [0.29, 0.717) is 0 Å². The quantitative estimate of drug-likeness (QED) is 0.476. The first-order valence-electron chi connectivity index (χ1n) is 3.35. The van der Waals surface area contributed by atoms with Gasteiger partial charge in [-0.2, -0.15) is 0 Å². The van der Waals surface area contributed by atoms with Crippen molar-refractivity contribution in [3.63, 3.8) is 0 Å². The molecule has 0 aliphatic rings. The van der Waals surface area contributed by atoms with Gasteiger partial charge in [0.05, 0.1) is 4.71 Å². The zero-order chi connectivity index (χ0) is 9.07. The van der Waals surface area contributed by atoms with E-state index in [9.17, 15) is 4.79 Å². The molecule has 1 unspecified atom stereocenters. The maximum atomic E-state index is 10.9. The van der Waals surface area contributed by atoms with Crippen LogP contribution in [0.3, 0.4) is 0 Å². The van der Waals surface area contributed by atoms with Gasteiger partial charge in [0.15, 0.2) is 0 Å². The van der Waals surface area contributed by atoms with E-state index in [1.54, 1.807) is 6.92 Å². The highest BCUT2D eigenvalue weighted by molar-refractivity contribution is 8.14. The summed E-state index contributed by atoms with van der Waals surface area (Å²) in [6.45, 7) is 7.20. The lowest BCUT2D eigenvalue weighted by molar-refractivity contribution is 0.0738. The molecule has 2 nitrogen and oxygen atoms in total. The van der Waals surface area contributed by atoms with Gasteiger partial charge < -0.3 is 4.74 Å². The molecule has 0 amide bonds. The standard InChI is InChI=1S/C7H13ClO2S/c1-5(8)11-6(9)10-7(2,3)4/h5H,1-4H3. The maximum Gasteiger partial charge on any atom is 0.369 e. The van der Waals surface area contributed by atoms with Gasteiger partial charge in [0.25, 0.3) is 0 Å². The van der Waals surface area contributed by atoms with Crippen LogP contribution in [0.1, 0.15) is 27.7 Å². The van der Waals surface area contributed by atoms with Crippen LogP contribution in [-0.2, 0) is 4.74 Å². The molecule has 0 radical (unpaired) electrons. The normalized spacial score (nSPS) is 14.3. The number of ether oxygens (including phenoxy) is 1. The molecule has 0 fully saturated rings. The van der Waals surface area contributed by atoms with Crippen molar-refractivity contribution in [1.29, 1.82) is 0 Å². The second-order valence-corrected chi connectivity index (χ2v) is 5.31. The predicted molar refractivity (Wildman–Crippen MR) is 49.1 cm³/mol. The Labute approximate surface area is 76.6 Å². The van der Waals surface area contributed by atoms with Crippen LogP contribution in [0.15, 0.2) is 0 Å². The lowest BCUT2D eigenvalue weighted by atomic mass is 10.2. The van der Waals surface area contributed by atoms with Crippen LogP contribution >= 0.6 is 23.4 Å². The lowest BCUT2D eigenvalue weighted by Gasteiger charge is -2.19. The Bertz CT molecular complexity index is 140. The SMILES string of the molecule is CC(Cl)SC(=O)OC(C)(C)C. The molecule has 0 N–H and O–H groups in total. The Morgan fingerprint density at radius 1 is 1.55 bits per heavy atom. The molecule has 11 heavy (non-hydrogen) atoms. The highest BCUT2D eigenvalue weighted by atomic mass is 35.5. The number of hydrogen-bond acceptors (Lipinski definition) is 3. The number of carbonyl (C=O) groups is 1. The Balaban J connectivity index is 3.71. The Morgan fingerprint density at radius 2 is 2.00 bits per heavy atom. The summed E-state index contributed by atoms with van der Waals surface area (Å²) in [5.41, 5.74) is -0.421. The molecule has 0 aromatic carbocycles. The van der Waals surface area contributed by atoms with E-state index in [4.69, 9.17) is 16.3 Å². The van der Waals surface area contributed by atoms with Crippen molar-refractivity contribution in [2.45, 2.75) is 38.0 Å². The number of carbonyl (C=O) groups excluding carboxylic acids is 1. The molecular formula is C7H13ClO2S. The number of halogens is 1. The summed E-state index contributed by atoms with van der Waals surface area (Å²) in [5.74, 6) is 0. The second kappa shape index (κ2) is 4.21. The fourth-order valence-electron chi connectivity index (χ4n) is 0.407. The van der Waals surface area contributed by atoms with E-state index < -0.39 is 5.60 Å². The van der Waals surface area contributed by atoms with Crippen LogP contribution in [0.2, 0.25) is 0 Å². The fraction of sp³-hybridized carbons (Fsp3) is 0.857. The van der Waals surface area contributed by atoms with Crippen molar-refractivity contribution >= 4 is 28.7 Å². The third kappa shape index (κ3) is 8.01. The van der Waals surface area contributed by atoms with Crippen LogP contribution in [-0.4, -0.2) is 15.6 Å². The first-order valence-corrected chi connectivity index (χ1v) is 4.66. The molecule has 0 saturated carbocycles. The van der Waals surface area contributed by atoms with E-state index in [-0.39, 0.29) is 10.0 Å². The highest BCUT2D eigenvalue weighted by Gasteiger charge is 2.17. The monoisotopic (exact) mass is 196 g/mol. The minimum atomic E-state index is -0.421. The van der Waals surface area contributed by atoms with Crippen molar-refractivity contribution in [3.8, 4) is 0 Å². The van der Waals surface area contributed by atoms with Crippen molar-refractivity contribution in [2.75, 3.05) is 0 Å². The van der Waals surface area contributed by atoms with Crippen molar-refractivity contribution in [2.24, 2.45) is 0 Å². The molecule has 0 aromatic rings. The van der Waals surface area contributed by atoms with E-state index in [0.717, 1.165) is 11.8 Å². The van der Waals surface area contributed by atoms with E-state index in [1.807, 2.05) is 20.8 Å². The number of alkyl halides is 1. The summed E-state index contributed by atoms with van der Waals surface area (Å²) in [7, 11) is 0. The second-order valence-electron chi connectivity index (χ2n) is 3.13. The smallest absolute Gasteiger partial charge is 0.369 e. The van der Waals surface area contributed by atoms with E-state index >= 15 is 0 Å². The third-order valence-corrected chi connectivity index (χ3v) is 1.52. The summed E-state index contributed by atoms with van der Waals surface area (Å²) < 4.78 is 4.76. The van der Waals surface area contributed by atoms with Crippen LogP contribution in [0.5, 0.6) is 0 Å². The molecule has 0 aromatic heterocycles. The average molecular weight is 197 g/mol. The largest absolute Gasteiger partial charge is 0.452 e. The minimum absolute atomic E-state index is 0.232. The first-order chi connectivity index (χ1) is 4.81. The zero-order valence-electron chi connectivity index (χ0n) is 7.18. The van der Waals surface area contributed by atoms with Gasteiger partial charge in [-0.15, -0.1) is 11.6 Å². The maximum absolute atomic E-state index is 10.9. The minimum Gasteiger partial charge on any atom is -0.452 e. The van der Waals surface area contributed by atoms with E-state index in [1.165, 1.54) is 0 Å². The molecule has 0 heterocycles. The van der Waals surface area contributed by atoms with Gasteiger partial charge in [-0.1, -0.05) is 0 Å². The molecule has 1 atom stereocenters. The average Bonchev–Trinajstić information content (AvgIpc) is 1.53. The summed E-state index contributed by atoms with van der Waals surface area (Å²) in [5, 5.41) is -0.319. The van der Waals surface area contributed by atoms with Gasteiger partial charge in [-0.25, -0.2) is 4.79 Å². The predicted octanol–water partition coefficient (Wildman–Crippen LogP) is 3.24. The van der Waals surface area contributed by atoms with Gasteiger partial charge in [-0.3, -0.25) is 0 Å². The summed E-state index contributed by atoms with van der Waals surface area (Å²) in [6, 6.07) is 0. The summed E-state index contributed by atoms with van der Waals surface area (Å²) >= 11 is 6.55. The van der Waals surface area contributed by atoms with Gasteiger partial charge in [0.1, 0.15) is 5.60 Å².